The topological polar surface area (TPSA) is 26.7 Å². The summed E-state index contributed by atoms with van der Waals surface area (Å²) < 4.78 is 0. The Balaban J connectivity index is 1.64. The number of hydrogen-bond acceptors (Lipinski definition) is 3. The first-order valence-corrected chi connectivity index (χ1v) is 6.44. The van der Waals surface area contributed by atoms with Gasteiger partial charge in [0.05, 0.1) is 6.61 Å². The van der Waals surface area contributed by atoms with E-state index in [4.69, 9.17) is 5.11 Å². The van der Waals surface area contributed by atoms with E-state index in [1.165, 1.54) is 58.4 Å². The van der Waals surface area contributed by atoms with E-state index in [9.17, 15) is 0 Å². The number of nitrogens with zero attached hydrogens (tertiary/aromatic N) is 2. The summed E-state index contributed by atoms with van der Waals surface area (Å²) in [4.78, 5) is 5.02. The van der Waals surface area contributed by atoms with Crippen LogP contribution in [0.25, 0.3) is 0 Å². The molecule has 0 saturated carbocycles. The maximum atomic E-state index is 8.86. The van der Waals surface area contributed by atoms with Gasteiger partial charge in [-0.05, 0) is 57.8 Å². The molecule has 2 aliphatic rings. The van der Waals surface area contributed by atoms with Crippen LogP contribution in [0.2, 0.25) is 0 Å². The van der Waals surface area contributed by atoms with Crippen molar-refractivity contribution in [1.29, 1.82) is 0 Å². The van der Waals surface area contributed by atoms with Crippen LogP contribution in [0.15, 0.2) is 0 Å². The van der Waals surface area contributed by atoms with E-state index in [2.05, 4.69) is 9.80 Å². The molecule has 0 atom stereocenters. The van der Waals surface area contributed by atoms with Crippen LogP contribution < -0.4 is 0 Å². The monoisotopic (exact) mass is 212 g/mol. The van der Waals surface area contributed by atoms with Gasteiger partial charge in [-0.2, -0.15) is 0 Å². The summed E-state index contributed by atoms with van der Waals surface area (Å²) >= 11 is 0. The summed E-state index contributed by atoms with van der Waals surface area (Å²) in [5.74, 6) is 0.915. The van der Waals surface area contributed by atoms with Gasteiger partial charge in [0.1, 0.15) is 0 Å². The first-order chi connectivity index (χ1) is 7.38. The Morgan fingerprint density at radius 3 is 2.20 bits per heavy atom. The molecule has 2 heterocycles. The Morgan fingerprint density at radius 1 is 0.933 bits per heavy atom. The maximum absolute atomic E-state index is 8.86. The molecule has 0 aromatic carbocycles. The van der Waals surface area contributed by atoms with Crippen LogP contribution in [-0.2, 0) is 0 Å². The van der Waals surface area contributed by atoms with Gasteiger partial charge in [-0.15, -0.1) is 0 Å². The van der Waals surface area contributed by atoms with Crippen molar-refractivity contribution < 1.29 is 5.11 Å². The minimum absolute atomic E-state index is 0.316. The Morgan fingerprint density at radius 2 is 1.60 bits per heavy atom. The second-order valence-corrected chi connectivity index (χ2v) is 5.02. The van der Waals surface area contributed by atoms with Gasteiger partial charge in [-0.1, -0.05) is 0 Å². The van der Waals surface area contributed by atoms with Crippen LogP contribution in [0.3, 0.4) is 0 Å². The molecule has 3 heteroatoms. The average Bonchev–Trinajstić information content (AvgIpc) is 2.74. The third-order valence-corrected chi connectivity index (χ3v) is 3.84. The fraction of sp³-hybridized carbons (Fsp3) is 1.00. The number of rotatable bonds is 4. The van der Waals surface area contributed by atoms with Gasteiger partial charge in [0.25, 0.3) is 0 Å². The first kappa shape index (κ1) is 11.4. The Kier molecular flexibility index (Phi) is 4.42. The molecule has 2 fully saturated rings. The minimum Gasteiger partial charge on any atom is -0.395 e. The van der Waals surface area contributed by atoms with Crippen LogP contribution in [0.5, 0.6) is 0 Å². The summed E-state index contributed by atoms with van der Waals surface area (Å²) in [7, 11) is 0. The highest BCUT2D eigenvalue weighted by atomic mass is 16.3. The molecule has 0 spiro atoms. The molecule has 0 aromatic rings. The molecule has 3 nitrogen and oxygen atoms in total. The van der Waals surface area contributed by atoms with Crippen molar-refractivity contribution in [2.24, 2.45) is 5.92 Å². The van der Waals surface area contributed by atoms with Gasteiger partial charge in [-0.3, -0.25) is 0 Å². The lowest BCUT2D eigenvalue weighted by atomic mass is 9.96. The highest BCUT2D eigenvalue weighted by molar-refractivity contribution is 4.76. The van der Waals surface area contributed by atoms with Crippen LogP contribution in [0.1, 0.15) is 25.7 Å². The van der Waals surface area contributed by atoms with Crippen LogP contribution in [0, 0.1) is 5.92 Å². The molecule has 15 heavy (non-hydrogen) atoms. The summed E-state index contributed by atoms with van der Waals surface area (Å²) in [5, 5.41) is 8.86. The third-order valence-electron chi connectivity index (χ3n) is 3.84. The lowest BCUT2D eigenvalue weighted by molar-refractivity contribution is 0.130. The molecule has 0 aromatic heterocycles. The molecular weight excluding hydrogens is 188 g/mol. The highest BCUT2D eigenvalue weighted by Gasteiger charge is 2.22. The van der Waals surface area contributed by atoms with Crippen LogP contribution >= 0.6 is 0 Å². The second-order valence-electron chi connectivity index (χ2n) is 5.02. The standard InChI is InChI=1S/C12H24N2O/c15-10-9-13-7-3-12(4-8-13)11-14-5-1-2-6-14/h12,15H,1-11H2. The SMILES string of the molecule is OCCN1CCC(CN2CCCC2)CC1. The average molecular weight is 212 g/mol. The van der Waals surface area contributed by atoms with Crippen molar-refractivity contribution in [3.63, 3.8) is 0 Å². The van der Waals surface area contributed by atoms with E-state index in [0.29, 0.717) is 6.61 Å². The molecule has 2 aliphatic heterocycles. The van der Waals surface area contributed by atoms with Gasteiger partial charge in [0.2, 0.25) is 0 Å². The van der Waals surface area contributed by atoms with E-state index >= 15 is 0 Å². The predicted octanol–water partition coefficient (Wildman–Crippen LogP) is 0.786. The molecule has 0 bridgehead atoms. The van der Waals surface area contributed by atoms with Crippen molar-refractivity contribution in [1.82, 2.24) is 9.80 Å². The lowest BCUT2D eigenvalue weighted by Crippen LogP contribution is -2.39. The lowest BCUT2D eigenvalue weighted by Gasteiger charge is -2.33. The Bertz CT molecular complexity index is 172. The van der Waals surface area contributed by atoms with Crippen molar-refractivity contribution >= 4 is 0 Å². The largest absolute Gasteiger partial charge is 0.395 e. The van der Waals surface area contributed by atoms with E-state index in [-0.39, 0.29) is 0 Å². The number of aliphatic hydroxyl groups excluding tert-OH is 1. The molecule has 0 amide bonds. The zero-order chi connectivity index (χ0) is 10.5. The zero-order valence-electron chi connectivity index (χ0n) is 9.70. The van der Waals surface area contributed by atoms with Gasteiger partial charge in [-0.25, -0.2) is 0 Å². The second kappa shape index (κ2) is 5.83. The molecule has 88 valence electrons. The molecule has 0 unspecified atom stereocenters. The van der Waals surface area contributed by atoms with Crippen molar-refractivity contribution in [3.05, 3.63) is 0 Å². The van der Waals surface area contributed by atoms with E-state index < -0.39 is 0 Å². The number of β-amino-alcohol motifs (C(OH)–C–C–N with tert-alkyl or cyclic N) is 1. The quantitative estimate of drug-likeness (QED) is 0.746. The Labute approximate surface area is 93.1 Å². The fourth-order valence-corrected chi connectivity index (χ4v) is 2.86. The van der Waals surface area contributed by atoms with E-state index in [1.807, 2.05) is 0 Å². The third kappa shape index (κ3) is 3.44. The summed E-state index contributed by atoms with van der Waals surface area (Å²) in [6, 6.07) is 0. The van der Waals surface area contributed by atoms with Gasteiger partial charge < -0.3 is 14.9 Å². The van der Waals surface area contributed by atoms with Crippen LogP contribution in [-0.4, -0.2) is 60.8 Å². The fourth-order valence-electron chi connectivity index (χ4n) is 2.86. The van der Waals surface area contributed by atoms with Crippen molar-refractivity contribution in [2.75, 3.05) is 45.9 Å². The van der Waals surface area contributed by atoms with Crippen molar-refractivity contribution in [3.8, 4) is 0 Å². The predicted molar refractivity (Wildman–Crippen MR) is 61.9 cm³/mol. The minimum atomic E-state index is 0.316. The number of aliphatic hydroxyl groups is 1. The number of hydrogen-bond donors (Lipinski definition) is 1. The number of likely N-dealkylation sites (tertiary alicyclic amines) is 2. The van der Waals surface area contributed by atoms with E-state index in [1.54, 1.807) is 0 Å². The molecule has 0 radical (unpaired) electrons. The van der Waals surface area contributed by atoms with Gasteiger partial charge in [0, 0.05) is 13.1 Å². The summed E-state index contributed by atoms with van der Waals surface area (Å²) in [5.41, 5.74) is 0. The van der Waals surface area contributed by atoms with Gasteiger partial charge >= 0.3 is 0 Å². The first-order valence-electron chi connectivity index (χ1n) is 6.44. The molecule has 0 aliphatic carbocycles. The number of piperidine rings is 1. The summed E-state index contributed by atoms with van der Waals surface area (Å²) in [6.45, 7) is 7.56. The van der Waals surface area contributed by atoms with Crippen molar-refractivity contribution in [2.45, 2.75) is 25.7 Å². The normalized spacial score (nSPS) is 26.2. The zero-order valence-corrected chi connectivity index (χ0v) is 9.70. The smallest absolute Gasteiger partial charge is 0.0558 e. The molecule has 2 rings (SSSR count). The Hall–Kier alpha value is -0.120. The van der Waals surface area contributed by atoms with Gasteiger partial charge in [0.15, 0.2) is 0 Å². The summed E-state index contributed by atoms with van der Waals surface area (Å²) in [6.07, 6.45) is 5.47. The highest BCUT2D eigenvalue weighted by Crippen LogP contribution is 2.20. The maximum Gasteiger partial charge on any atom is 0.0558 e. The van der Waals surface area contributed by atoms with Crippen LogP contribution in [0.4, 0.5) is 0 Å². The van der Waals surface area contributed by atoms with E-state index in [0.717, 1.165) is 12.5 Å². The molecule has 2 saturated heterocycles. The molecular formula is C12H24N2O. The molecule has 1 N–H and O–H groups in total.